The molecule has 1 unspecified atom stereocenters. The molecule has 112 valence electrons. The van der Waals surface area contributed by atoms with Crippen LogP contribution in [-0.2, 0) is 4.74 Å². The number of rotatable bonds is 2. The van der Waals surface area contributed by atoms with E-state index in [0.717, 1.165) is 16.9 Å². The van der Waals surface area contributed by atoms with Crippen molar-refractivity contribution in [1.29, 1.82) is 0 Å². The summed E-state index contributed by atoms with van der Waals surface area (Å²) in [6.07, 6.45) is 0.878. The average molecular weight is 316 g/mol. The Labute approximate surface area is 129 Å². The Balaban J connectivity index is 1.81. The number of aromatic nitrogens is 2. The molecule has 3 heterocycles. The van der Waals surface area contributed by atoms with E-state index < -0.39 is 0 Å². The number of aromatic amines is 1. The maximum atomic E-state index is 13.0. The fourth-order valence-corrected chi connectivity index (χ4v) is 3.66. The van der Waals surface area contributed by atoms with E-state index in [0.29, 0.717) is 29.3 Å². The third-order valence-electron chi connectivity index (χ3n) is 3.85. The number of H-pyrrole nitrogens is 1. The summed E-state index contributed by atoms with van der Waals surface area (Å²) >= 11 is 1.37. The minimum absolute atomic E-state index is 0.120. The molecule has 1 saturated heterocycles. The molecule has 3 aromatic rings. The van der Waals surface area contributed by atoms with Crippen LogP contribution in [0.4, 0.5) is 4.39 Å². The number of nitrogens with one attached hydrogen (secondary N) is 1. The topological polar surface area (TPSA) is 55.0 Å². The molecule has 1 atom stereocenters. The lowest BCUT2D eigenvalue weighted by molar-refractivity contribution is 0.193. The quantitative estimate of drug-likeness (QED) is 0.789. The molecule has 1 aliphatic heterocycles. The van der Waals surface area contributed by atoms with Crippen LogP contribution in [0.5, 0.6) is 0 Å². The summed E-state index contributed by atoms with van der Waals surface area (Å²) in [4.78, 5) is 20.6. The summed E-state index contributed by atoms with van der Waals surface area (Å²) in [5, 5.41) is 0. The van der Waals surface area contributed by atoms with E-state index in [2.05, 4.69) is 9.97 Å². The van der Waals surface area contributed by atoms with Gasteiger partial charge in [-0.25, -0.2) is 9.37 Å². The van der Waals surface area contributed by atoms with Crippen LogP contribution < -0.4 is 5.56 Å². The van der Waals surface area contributed by atoms with Gasteiger partial charge >= 0.3 is 0 Å². The van der Waals surface area contributed by atoms with Gasteiger partial charge in [0.05, 0.1) is 12.1 Å². The largest absolute Gasteiger partial charge is 0.381 e. The Bertz CT molecular complexity index is 879. The van der Waals surface area contributed by atoms with Crippen LogP contribution in [0.25, 0.3) is 20.7 Å². The molecule has 4 rings (SSSR count). The molecule has 0 aliphatic carbocycles. The van der Waals surface area contributed by atoms with Gasteiger partial charge in [0.25, 0.3) is 5.56 Å². The number of hydrogen-bond donors (Lipinski definition) is 1. The monoisotopic (exact) mass is 316 g/mol. The normalized spacial score (nSPS) is 18.1. The van der Waals surface area contributed by atoms with Crippen LogP contribution in [0.15, 0.2) is 35.1 Å². The zero-order chi connectivity index (χ0) is 15.1. The van der Waals surface area contributed by atoms with E-state index in [-0.39, 0.29) is 17.3 Å². The van der Waals surface area contributed by atoms with Crippen molar-refractivity contribution in [2.75, 3.05) is 13.2 Å². The molecular weight excluding hydrogens is 303 g/mol. The minimum Gasteiger partial charge on any atom is -0.381 e. The summed E-state index contributed by atoms with van der Waals surface area (Å²) in [6.45, 7) is 1.31. The molecule has 1 N–H and O–H groups in total. The Morgan fingerprint density at radius 2 is 2.14 bits per heavy atom. The standard InChI is InChI=1S/C16H13FN2O2S/c17-11-3-1-9(2-4-11)13-7-12-14(22-13)16(20)19-15(18-12)10-5-6-21-8-10/h1-4,7,10H,5-6,8H2,(H,18,19,20). The van der Waals surface area contributed by atoms with E-state index in [4.69, 9.17) is 4.74 Å². The molecule has 1 aromatic carbocycles. The molecule has 1 aliphatic rings. The summed E-state index contributed by atoms with van der Waals surface area (Å²) in [5.74, 6) is 0.578. The first-order valence-corrected chi connectivity index (χ1v) is 7.90. The van der Waals surface area contributed by atoms with E-state index >= 15 is 0 Å². The van der Waals surface area contributed by atoms with Crippen LogP contribution in [0.2, 0.25) is 0 Å². The number of thiophene rings is 1. The van der Waals surface area contributed by atoms with E-state index in [9.17, 15) is 9.18 Å². The fraction of sp³-hybridized carbons (Fsp3) is 0.250. The van der Waals surface area contributed by atoms with Crippen molar-refractivity contribution in [1.82, 2.24) is 9.97 Å². The molecule has 6 heteroatoms. The molecule has 0 radical (unpaired) electrons. The van der Waals surface area contributed by atoms with Gasteiger partial charge in [-0.2, -0.15) is 0 Å². The van der Waals surface area contributed by atoms with Crippen molar-refractivity contribution in [3.05, 3.63) is 52.3 Å². The number of nitrogens with zero attached hydrogens (tertiary/aromatic N) is 1. The van der Waals surface area contributed by atoms with Gasteiger partial charge in [-0.05, 0) is 30.2 Å². The van der Waals surface area contributed by atoms with Crippen LogP contribution in [-0.4, -0.2) is 23.2 Å². The van der Waals surface area contributed by atoms with Gasteiger partial charge < -0.3 is 9.72 Å². The Morgan fingerprint density at radius 3 is 2.86 bits per heavy atom. The minimum atomic E-state index is -0.274. The predicted molar refractivity (Wildman–Crippen MR) is 83.8 cm³/mol. The lowest BCUT2D eigenvalue weighted by Crippen LogP contribution is -2.13. The highest BCUT2D eigenvalue weighted by Gasteiger charge is 2.21. The van der Waals surface area contributed by atoms with Crippen LogP contribution in [0, 0.1) is 5.82 Å². The van der Waals surface area contributed by atoms with Gasteiger partial charge in [-0.1, -0.05) is 12.1 Å². The zero-order valence-corrected chi connectivity index (χ0v) is 12.5. The second kappa shape index (κ2) is 5.30. The van der Waals surface area contributed by atoms with Crippen molar-refractivity contribution in [2.45, 2.75) is 12.3 Å². The van der Waals surface area contributed by atoms with Crippen molar-refractivity contribution < 1.29 is 9.13 Å². The lowest BCUT2D eigenvalue weighted by Gasteiger charge is -2.05. The predicted octanol–water partition coefficient (Wildman–Crippen LogP) is 3.29. The second-order valence-electron chi connectivity index (χ2n) is 5.34. The summed E-state index contributed by atoms with van der Waals surface area (Å²) in [5.41, 5.74) is 1.45. The third-order valence-corrected chi connectivity index (χ3v) is 5.02. The maximum absolute atomic E-state index is 13.0. The molecule has 4 nitrogen and oxygen atoms in total. The molecule has 0 amide bonds. The highest BCUT2D eigenvalue weighted by molar-refractivity contribution is 7.22. The summed E-state index contributed by atoms with van der Waals surface area (Å²) < 4.78 is 19.0. The summed E-state index contributed by atoms with van der Waals surface area (Å²) in [6, 6.07) is 8.14. The Morgan fingerprint density at radius 1 is 1.32 bits per heavy atom. The summed E-state index contributed by atoms with van der Waals surface area (Å²) in [7, 11) is 0. The fourth-order valence-electron chi connectivity index (χ4n) is 2.66. The number of ether oxygens (including phenoxy) is 1. The SMILES string of the molecule is O=c1[nH]c(C2CCOC2)nc2cc(-c3ccc(F)cc3)sc12. The lowest BCUT2D eigenvalue weighted by atomic mass is 10.1. The second-order valence-corrected chi connectivity index (χ2v) is 6.40. The van der Waals surface area contributed by atoms with Gasteiger partial charge in [0.15, 0.2) is 0 Å². The van der Waals surface area contributed by atoms with Crippen LogP contribution in [0.3, 0.4) is 0 Å². The Hall–Kier alpha value is -2.05. The van der Waals surface area contributed by atoms with Gasteiger partial charge in [-0.15, -0.1) is 11.3 Å². The molecule has 22 heavy (non-hydrogen) atoms. The first-order chi connectivity index (χ1) is 10.7. The first-order valence-electron chi connectivity index (χ1n) is 7.08. The van der Waals surface area contributed by atoms with E-state index in [1.165, 1.54) is 23.5 Å². The molecular formula is C16H13FN2O2S. The van der Waals surface area contributed by atoms with E-state index in [1.54, 1.807) is 12.1 Å². The molecule has 2 aromatic heterocycles. The molecule has 0 bridgehead atoms. The van der Waals surface area contributed by atoms with Crippen LogP contribution >= 0.6 is 11.3 Å². The molecule has 0 saturated carbocycles. The Kier molecular flexibility index (Phi) is 3.28. The average Bonchev–Trinajstić information content (AvgIpc) is 3.17. The van der Waals surface area contributed by atoms with E-state index in [1.807, 2.05) is 6.07 Å². The van der Waals surface area contributed by atoms with Gasteiger partial charge in [-0.3, -0.25) is 4.79 Å². The van der Waals surface area contributed by atoms with Crippen molar-refractivity contribution >= 4 is 21.6 Å². The number of hydrogen-bond acceptors (Lipinski definition) is 4. The van der Waals surface area contributed by atoms with Crippen molar-refractivity contribution in [3.63, 3.8) is 0 Å². The number of benzene rings is 1. The van der Waals surface area contributed by atoms with Gasteiger partial charge in [0, 0.05) is 17.4 Å². The van der Waals surface area contributed by atoms with Crippen LogP contribution in [0.1, 0.15) is 18.2 Å². The zero-order valence-electron chi connectivity index (χ0n) is 11.6. The molecule has 0 spiro atoms. The highest BCUT2D eigenvalue weighted by Crippen LogP contribution is 2.32. The maximum Gasteiger partial charge on any atom is 0.268 e. The first kappa shape index (κ1) is 13.6. The smallest absolute Gasteiger partial charge is 0.268 e. The number of halogens is 1. The highest BCUT2D eigenvalue weighted by atomic mass is 32.1. The van der Waals surface area contributed by atoms with Gasteiger partial charge in [0.1, 0.15) is 16.3 Å². The number of fused-ring (bicyclic) bond motifs is 1. The third kappa shape index (κ3) is 2.34. The van der Waals surface area contributed by atoms with Crippen molar-refractivity contribution in [2.24, 2.45) is 0 Å². The molecule has 1 fully saturated rings. The van der Waals surface area contributed by atoms with Gasteiger partial charge in [0.2, 0.25) is 0 Å². The van der Waals surface area contributed by atoms with Crippen molar-refractivity contribution in [3.8, 4) is 10.4 Å².